The van der Waals surface area contributed by atoms with Gasteiger partial charge in [-0.1, -0.05) is 73.7 Å². The molecule has 0 spiro atoms. The predicted molar refractivity (Wildman–Crippen MR) is 79.6 cm³/mol. The Balaban J connectivity index is 2.03. The number of allylic oxidation sites excluding steroid dienone is 2. The third kappa shape index (κ3) is 3.33. The smallest absolute Gasteiger partial charge is 0.0156 e. The van der Waals surface area contributed by atoms with Crippen LogP contribution < -0.4 is 0 Å². The van der Waals surface area contributed by atoms with Crippen LogP contribution in [0.15, 0.2) is 66.7 Å². The van der Waals surface area contributed by atoms with Crippen molar-refractivity contribution in [2.24, 2.45) is 0 Å². The Kier molecular flexibility index (Phi) is 4.35. The van der Waals surface area contributed by atoms with E-state index in [2.05, 4.69) is 80.6 Å². The Morgan fingerprint density at radius 3 is 2.11 bits per heavy atom. The summed E-state index contributed by atoms with van der Waals surface area (Å²) in [6.07, 6.45) is 3.43. The summed E-state index contributed by atoms with van der Waals surface area (Å²) in [5.74, 6) is 0.574. The first-order chi connectivity index (χ1) is 8.77. The molecule has 1 unspecified atom stereocenters. The van der Waals surface area contributed by atoms with Gasteiger partial charge < -0.3 is 0 Å². The van der Waals surface area contributed by atoms with Crippen LogP contribution in [-0.4, -0.2) is 0 Å². The molecule has 2 aromatic carbocycles. The predicted octanol–water partition coefficient (Wildman–Crippen LogP) is 5.28. The average Bonchev–Trinajstić information content (AvgIpc) is 2.46. The van der Waals surface area contributed by atoms with Crippen molar-refractivity contribution in [3.8, 4) is 0 Å². The lowest BCUT2D eigenvalue weighted by molar-refractivity contribution is 0.781. The number of hydrogen-bond donors (Lipinski definition) is 0. The van der Waals surface area contributed by atoms with E-state index >= 15 is 0 Å². The summed E-state index contributed by atoms with van der Waals surface area (Å²) in [5.41, 5.74) is 4.09. The van der Waals surface area contributed by atoms with E-state index in [1.54, 1.807) is 0 Å². The third-order valence-corrected chi connectivity index (χ3v) is 3.38. The normalized spacial score (nSPS) is 13.3. The van der Waals surface area contributed by atoms with Crippen LogP contribution in [0.3, 0.4) is 0 Å². The SMILES string of the molecule is C/C(=C/CC(C)c1ccccc1)c1ccccc1. The molecule has 0 heteroatoms. The standard InChI is InChI=1S/C18H20/c1-15(17-9-5-3-6-10-17)13-14-16(2)18-11-7-4-8-12-18/h3-13,16H,14H2,1-2H3/b15-13-. The maximum atomic E-state index is 2.34. The van der Waals surface area contributed by atoms with Gasteiger partial charge in [0.25, 0.3) is 0 Å². The van der Waals surface area contributed by atoms with Gasteiger partial charge in [-0.25, -0.2) is 0 Å². The number of benzene rings is 2. The van der Waals surface area contributed by atoms with Gasteiger partial charge in [0.15, 0.2) is 0 Å². The van der Waals surface area contributed by atoms with Crippen LogP contribution in [0.1, 0.15) is 37.3 Å². The largest absolute Gasteiger partial charge is 0.0804 e. The van der Waals surface area contributed by atoms with E-state index in [-0.39, 0.29) is 0 Å². The highest BCUT2D eigenvalue weighted by atomic mass is 14.1. The lowest BCUT2D eigenvalue weighted by Gasteiger charge is -2.10. The lowest BCUT2D eigenvalue weighted by Crippen LogP contribution is -1.91. The molecule has 0 aliphatic heterocycles. The highest BCUT2D eigenvalue weighted by molar-refractivity contribution is 5.63. The van der Waals surface area contributed by atoms with Crippen LogP contribution in [0.4, 0.5) is 0 Å². The molecule has 0 saturated carbocycles. The van der Waals surface area contributed by atoms with Crippen molar-refractivity contribution < 1.29 is 0 Å². The highest BCUT2D eigenvalue weighted by Crippen LogP contribution is 2.22. The molecular formula is C18H20. The van der Waals surface area contributed by atoms with Crippen molar-refractivity contribution in [2.75, 3.05) is 0 Å². The van der Waals surface area contributed by atoms with E-state index in [1.807, 2.05) is 0 Å². The van der Waals surface area contributed by atoms with E-state index in [0.717, 1.165) is 6.42 Å². The zero-order chi connectivity index (χ0) is 12.8. The first-order valence-electron chi connectivity index (χ1n) is 6.54. The van der Waals surface area contributed by atoms with Gasteiger partial charge in [0.2, 0.25) is 0 Å². The van der Waals surface area contributed by atoms with Crippen molar-refractivity contribution in [3.05, 3.63) is 77.9 Å². The van der Waals surface area contributed by atoms with Crippen LogP contribution in [-0.2, 0) is 0 Å². The summed E-state index contributed by atoms with van der Waals surface area (Å²) in [6, 6.07) is 21.3. The average molecular weight is 236 g/mol. The van der Waals surface area contributed by atoms with Crippen LogP contribution in [0, 0.1) is 0 Å². The van der Waals surface area contributed by atoms with Crippen LogP contribution in [0.5, 0.6) is 0 Å². The van der Waals surface area contributed by atoms with E-state index < -0.39 is 0 Å². The summed E-state index contributed by atoms with van der Waals surface area (Å²) in [4.78, 5) is 0. The Bertz CT molecular complexity index is 494. The van der Waals surface area contributed by atoms with Crippen molar-refractivity contribution in [2.45, 2.75) is 26.2 Å². The lowest BCUT2D eigenvalue weighted by atomic mass is 9.96. The van der Waals surface area contributed by atoms with Gasteiger partial charge in [0.1, 0.15) is 0 Å². The Morgan fingerprint density at radius 1 is 0.944 bits per heavy atom. The van der Waals surface area contributed by atoms with Gasteiger partial charge in [-0.05, 0) is 36.0 Å². The van der Waals surface area contributed by atoms with Crippen LogP contribution in [0.25, 0.3) is 5.57 Å². The van der Waals surface area contributed by atoms with Crippen molar-refractivity contribution in [3.63, 3.8) is 0 Å². The highest BCUT2D eigenvalue weighted by Gasteiger charge is 2.03. The van der Waals surface area contributed by atoms with E-state index in [0.29, 0.717) is 5.92 Å². The third-order valence-electron chi connectivity index (χ3n) is 3.38. The molecule has 18 heavy (non-hydrogen) atoms. The Morgan fingerprint density at radius 2 is 1.50 bits per heavy atom. The maximum Gasteiger partial charge on any atom is -0.0156 e. The monoisotopic (exact) mass is 236 g/mol. The molecule has 92 valence electrons. The quantitative estimate of drug-likeness (QED) is 0.677. The van der Waals surface area contributed by atoms with Gasteiger partial charge in [-0.2, -0.15) is 0 Å². The minimum atomic E-state index is 0.574. The second kappa shape index (κ2) is 6.20. The van der Waals surface area contributed by atoms with Gasteiger partial charge in [-0.15, -0.1) is 0 Å². The van der Waals surface area contributed by atoms with Gasteiger partial charge in [-0.3, -0.25) is 0 Å². The van der Waals surface area contributed by atoms with Gasteiger partial charge >= 0.3 is 0 Å². The number of rotatable bonds is 4. The summed E-state index contributed by atoms with van der Waals surface area (Å²) < 4.78 is 0. The van der Waals surface area contributed by atoms with Gasteiger partial charge in [0.05, 0.1) is 0 Å². The molecule has 2 aromatic rings. The molecule has 0 heterocycles. The van der Waals surface area contributed by atoms with E-state index in [1.165, 1.54) is 16.7 Å². The van der Waals surface area contributed by atoms with E-state index in [9.17, 15) is 0 Å². The molecule has 0 bridgehead atoms. The minimum absolute atomic E-state index is 0.574. The molecule has 0 amide bonds. The molecule has 0 saturated heterocycles. The van der Waals surface area contributed by atoms with Crippen LogP contribution in [0.2, 0.25) is 0 Å². The molecule has 0 nitrogen and oxygen atoms in total. The second-order valence-electron chi connectivity index (χ2n) is 4.80. The fourth-order valence-corrected chi connectivity index (χ4v) is 2.09. The summed E-state index contributed by atoms with van der Waals surface area (Å²) in [5, 5.41) is 0. The fraction of sp³-hybridized carbons (Fsp3) is 0.222. The zero-order valence-corrected chi connectivity index (χ0v) is 11.1. The van der Waals surface area contributed by atoms with Crippen molar-refractivity contribution >= 4 is 5.57 Å². The first kappa shape index (κ1) is 12.6. The molecule has 0 aliphatic carbocycles. The molecule has 2 rings (SSSR count). The molecule has 0 N–H and O–H groups in total. The molecule has 1 atom stereocenters. The Hall–Kier alpha value is -1.82. The summed E-state index contributed by atoms with van der Waals surface area (Å²) in [6.45, 7) is 4.47. The molecule has 0 aromatic heterocycles. The topological polar surface area (TPSA) is 0 Å². The number of hydrogen-bond acceptors (Lipinski definition) is 0. The first-order valence-corrected chi connectivity index (χ1v) is 6.54. The van der Waals surface area contributed by atoms with Crippen LogP contribution >= 0.6 is 0 Å². The molecular weight excluding hydrogens is 216 g/mol. The molecule has 0 aliphatic rings. The van der Waals surface area contributed by atoms with Gasteiger partial charge in [0, 0.05) is 0 Å². The van der Waals surface area contributed by atoms with Crippen molar-refractivity contribution in [1.82, 2.24) is 0 Å². The fourth-order valence-electron chi connectivity index (χ4n) is 2.09. The van der Waals surface area contributed by atoms with E-state index in [4.69, 9.17) is 0 Å². The second-order valence-corrected chi connectivity index (χ2v) is 4.80. The summed E-state index contributed by atoms with van der Waals surface area (Å²) >= 11 is 0. The minimum Gasteiger partial charge on any atom is -0.0804 e. The van der Waals surface area contributed by atoms with Crippen molar-refractivity contribution in [1.29, 1.82) is 0 Å². The molecule has 0 fully saturated rings. The summed E-state index contributed by atoms with van der Waals surface area (Å²) in [7, 11) is 0. The zero-order valence-electron chi connectivity index (χ0n) is 11.1. The Labute approximate surface area is 110 Å². The maximum absolute atomic E-state index is 2.34. The molecule has 0 radical (unpaired) electrons.